The van der Waals surface area contributed by atoms with Crippen LogP contribution in [0.1, 0.15) is 16.1 Å². The van der Waals surface area contributed by atoms with Gasteiger partial charge in [0.05, 0.1) is 28.5 Å². The number of nitrogens with one attached hydrogen (secondary N) is 2. The Hall–Kier alpha value is -3.38. The first-order valence-electron chi connectivity index (χ1n) is 7.82. The molecule has 6 nitrogen and oxygen atoms in total. The van der Waals surface area contributed by atoms with Gasteiger partial charge in [0.25, 0.3) is 5.91 Å². The van der Waals surface area contributed by atoms with Gasteiger partial charge in [0.1, 0.15) is 11.6 Å². The van der Waals surface area contributed by atoms with E-state index in [0.29, 0.717) is 22.2 Å². The molecule has 1 amide bonds. The van der Waals surface area contributed by atoms with E-state index in [0.717, 1.165) is 16.6 Å². The van der Waals surface area contributed by atoms with E-state index < -0.39 is 0 Å². The first-order chi connectivity index (χ1) is 12.7. The second-order valence-corrected chi connectivity index (χ2v) is 5.92. The van der Waals surface area contributed by atoms with Crippen molar-refractivity contribution in [2.24, 2.45) is 5.10 Å². The van der Waals surface area contributed by atoms with Crippen molar-refractivity contribution in [3.63, 3.8) is 0 Å². The second kappa shape index (κ2) is 6.85. The third-order valence-electron chi connectivity index (χ3n) is 3.77. The van der Waals surface area contributed by atoms with Crippen molar-refractivity contribution in [3.8, 4) is 11.4 Å². The molecule has 26 heavy (non-hydrogen) atoms. The fourth-order valence-electron chi connectivity index (χ4n) is 2.52. The van der Waals surface area contributed by atoms with Crippen molar-refractivity contribution in [1.29, 1.82) is 0 Å². The minimum Gasteiger partial charge on any atom is -0.463 e. The Kier molecular flexibility index (Phi) is 4.25. The van der Waals surface area contributed by atoms with Crippen molar-refractivity contribution in [2.75, 3.05) is 0 Å². The first-order valence-corrected chi connectivity index (χ1v) is 8.20. The lowest BCUT2D eigenvalue weighted by atomic mass is 10.2. The highest BCUT2D eigenvalue weighted by molar-refractivity contribution is 6.33. The fraction of sp³-hybridized carbons (Fsp3) is 0. The van der Waals surface area contributed by atoms with E-state index in [4.69, 9.17) is 16.0 Å². The lowest BCUT2D eigenvalue weighted by molar-refractivity contribution is 0.0955. The van der Waals surface area contributed by atoms with Crippen LogP contribution in [0.15, 0.2) is 70.4 Å². The molecule has 0 atom stereocenters. The number of amides is 1. The number of H-pyrrole nitrogens is 1. The summed E-state index contributed by atoms with van der Waals surface area (Å²) in [6.07, 6.45) is 2.97. The summed E-state index contributed by atoms with van der Waals surface area (Å²) in [5, 5.41) is 4.48. The monoisotopic (exact) mass is 364 g/mol. The Morgan fingerprint density at radius 2 is 2.08 bits per heavy atom. The van der Waals surface area contributed by atoms with Crippen LogP contribution in [0.4, 0.5) is 0 Å². The largest absolute Gasteiger partial charge is 0.463 e. The van der Waals surface area contributed by atoms with Gasteiger partial charge in [-0.15, -0.1) is 0 Å². The van der Waals surface area contributed by atoms with Crippen molar-refractivity contribution in [2.45, 2.75) is 0 Å². The number of aromatic nitrogens is 2. The number of rotatable bonds is 4. The molecule has 2 aromatic heterocycles. The Morgan fingerprint density at radius 3 is 2.88 bits per heavy atom. The molecule has 0 fully saturated rings. The van der Waals surface area contributed by atoms with E-state index in [1.54, 1.807) is 36.4 Å². The molecule has 0 bridgehead atoms. The molecule has 0 aliphatic heterocycles. The van der Waals surface area contributed by atoms with Crippen LogP contribution in [0.5, 0.6) is 0 Å². The normalized spacial score (nSPS) is 11.3. The molecule has 0 spiro atoms. The van der Waals surface area contributed by atoms with Gasteiger partial charge in [0.2, 0.25) is 0 Å². The van der Waals surface area contributed by atoms with Gasteiger partial charge in [-0.05, 0) is 42.5 Å². The van der Waals surface area contributed by atoms with Crippen LogP contribution < -0.4 is 5.43 Å². The Labute approximate surface area is 153 Å². The van der Waals surface area contributed by atoms with Crippen LogP contribution in [0.2, 0.25) is 5.02 Å². The Morgan fingerprint density at radius 1 is 1.19 bits per heavy atom. The maximum absolute atomic E-state index is 12.2. The first kappa shape index (κ1) is 16.1. The molecule has 0 radical (unpaired) electrons. The number of hydrazone groups is 1. The van der Waals surface area contributed by atoms with Crippen LogP contribution >= 0.6 is 11.6 Å². The summed E-state index contributed by atoms with van der Waals surface area (Å²) in [6, 6.07) is 16.1. The number of carbonyl (C=O) groups is 1. The number of carbonyl (C=O) groups excluding carboxylic acids is 1. The van der Waals surface area contributed by atoms with Crippen molar-refractivity contribution in [1.82, 2.24) is 15.4 Å². The van der Waals surface area contributed by atoms with E-state index in [2.05, 4.69) is 20.5 Å². The molecule has 4 aromatic rings. The van der Waals surface area contributed by atoms with Gasteiger partial charge in [0, 0.05) is 11.1 Å². The van der Waals surface area contributed by atoms with Gasteiger partial charge < -0.3 is 9.40 Å². The molecule has 4 rings (SSSR count). The number of imidazole rings is 1. The third-order valence-corrected chi connectivity index (χ3v) is 4.10. The number of hydrogen-bond donors (Lipinski definition) is 2. The number of nitrogens with zero attached hydrogens (tertiary/aromatic N) is 2. The highest BCUT2D eigenvalue weighted by atomic mass is 35.5. The number of fused-ring (bicyclic) bond motifs is 1. The zero-order valence-electron chi connectivity index (χ0n) is 13.4. The smallest absolute Gasteiger partial charge is 0.271 e. The van der Waals surface area contributed by atoms with Gasteiger partial charge >= 0.3 is 0 Å². The van der Waals surface area contributed by atoms with E-state index >= 15 is 0 Å². The van der Waals surface area contributed by atoms with Crippen molar-refractivity contribution < 1.29 is 9.21 Å². The van der Waals surface area contributed by atoms with E-state index in [-0.39, 0.29) is 5.91 Å². The number of hydrogen-bond acceptors (Lipinski definition) is 4. The second-order valence-electron chi connectivity index (χ2n) is 5.51. The summed E-state index contributed by atoms with van der Waals surface area (Å²) in [5.74, 6) is 0.876. The van der Waals surface area contributed by atoms with Crippen LogP contribution in [0.3, 0.4) is 0 Å². The number of halogens is 1. The quantitative estimate of drug-likeness (QED) is 0.419. The Bertz CT molecular complexity index is 1100. The average molecular weight is 365 g/mol. The predicted octanol–water partition coefficient (Wildman–Crippen LogP) is 4.24. The van der Waals surface area contributed by atoms with Crippen LogP contribution in [-0.4, -0.2) is 22.1 Å². The van der Waals surface area contributed by atoms with Gasteiger partial charge in [-0.3, -0.25) is 4.79 Å². The zero-order valence-corrected chi connectivity index (χ0v) is 14.2. The summed E-state index contributed by atoms with van der Waals surface area (Å²) in [7, 11) is 0. The Balaban J connectivity index is 1.57. The van der Waals surface area contributed by atoms with E-state index in [1.807, 2.05) is 18.2 Å². The molecule has 0 unspecified atom stereocenters. The molecule has 128 valence electrons. The highest BCUT2D eigenvalue weighted by Gasteiger charge is 2.11. The number of aromatic amines is 1. The highest BCUT2D eigenvalue weighted by Crippen LogP contribution is 2.27. The van der Waals surface area contributed by atoms with Crippen LogP contribution in [0.25, 0.3) is 22.4 Å². The lowest BCUT2D eigenvalue weighted by Crippen LogP contribution is -2.17. The predicted molar refractivity (Wildman–Crippen MR) is 100 cm³/mol. The maximum atomic E-state index is 12.2. The molecule has 0 aliphatic rings. The molecular formula is C19H13ClN4O2. The van der Waals surface area contributed by atoms with Gasteiger partial charge in [0.15, 0.2) is 0 Å². The average Bonchev–Trinajstić information content (AvgIpc) is 3.30. The standard InChI is InChI=1S/C19H13ClN4O2/c20-15-6-2-1-5-14(15)18-22-16-8-7-12(10-17(16)23-18)19(25)24-21-11-13-4-3-9-26-13/h1-11H,(H,22,23)(H,24,25)/b21-11+. The van der Waals surface area contributed by atoms with Crippen molar-refractivity contribution in [3.05, 3.63) is 77.2 Å². The lowest BCUT2D eigenvalue weighted by Gasteiger charge is -1.99. The SMILES string of the molecule is O=C(N/N=C/c1ccco1)c1ccc2nc(-c3ccccc3Cl)[nH]c2c1. The van der Waals surface area contributed by atoms with E-state index in [9.17, 15) is 4.79 Å². The van der Waals surface area contributed by atoms with E-state index in [1.165, 1.54) is 12.5 Å². The fourth-order valence-corrected chi connectivity index (χ4v) is 2.74. The summed E-state index contributed by atoms with van der Waals surface area (Å²) in [6.45, 7) is 0. The summed E-state index contributed by atoms with van der Waals surface area (Å²) >= 11 is 6.22. The third kappa shape index (κ3) is 3.22. The summed E-state index contributed by atoms with van der Waals surface area (Å²) in [4.78, 5) is 20.0. The molecule has 0 saturated carbocycles. The minimum absolute atomic E-state index is 0.330. The topological polar surface area (TPSA) is 83.3 Å². The molecule has 2 heterocycles. The molecule has 2 N–H and O–H groups in total. The summed E-state index contributed by atoms with van der Waals surface area (Å²) in [5.41, 5.74) is 5.22. The molecular weight excluding hydrogens is 352 g/mol. The van der Waals surface area contributed by atoms with Crippen LogP contribution in [-0.2, 0) is 0 Å². The van der Waals surface area contributed by atoms with Gasteiger partial charge in [-0.2, -0.15) is 5.10 Å². The van der Waals surface area contributed by atoms with Gasteiger partial charge in [-0.1, -0.05) is 23.7 Å². The molecule has 0 aliphatic carbocycles. The molecule has 2 aromatic carbocycles. The minimum atomic E-state index is -0.330. The zero-order chi connectivity index (χ0) is 17.9. The number of benzene rings is 2. The van der Waals surface area contributed by atoms with Crippen molar-refractivity contribution >= 4 is 34.8 Å². The molecule has 0 saturated heterocycles. The molecule has 7 heteroatoms. The maximum Gasteiger partial charge on any atom is 0.271 e. The van der Waals surface area contributed by atoms with Gasteiger partial charge in [-0.25, -0.2) is 10.4 Å². The van der Waals surface area contributed by atoms with Crippen LogP contribution in [0, 0.1) is 0 Å². The number of furan rings is 1. The summed E-state index contributed by atoms with van der Waals surface area (Å²) < 4.78 is 5.11.